The summed E-state index contributed by atoms with van der Waals surface area (Å²) in [7, 11) is 1.73. The third-order valence-corrected chi connectivity index (χ3v) is 4.17. The molecule has 2 N–H and O–H groups in total. The molecule has 1 aromatic carbocycles. The number of carbonyl (C=O) groups is 1. The molecule has 6 heteroatoms. The summed E-state index contributed by atoms with van der Waals surface area (Å²) in [6.07, 6.45) is 7.28. The number of anilines is 1. The van der Waals surface area contributed by atoms with Gasteiger partial charge in [0.1, 0.15) is 0 Å². The Morgan fingerprint density at radius 2 is 2.04 bits per heavy atom. The molecule has 0 saturated carbocycles. The summed E-state index contributed by atoms with van der Waals surface area (Å²) in [6, 6.07) is 8.48. The normalized spacial score (nSPS) is 16.9. The highest BCUT2D eigenvalue weighted by Gasteiger charge is 2.24. The lowest BCUT2D eigenvalue weighted by atomic mass is 10.2. The zero-order chi connectivity index (χ0) is 15.4. The molecule has 1 heterocycles. The Morgan fingerprint density at radius 1 is 1.30 bits per heavy atom. The molecule has 0 saturated heterocycles. The van der Waals surface area contributed by atoms with Gasteiger partial charge in [0, 0.05) is 25.3 Å². The molecule has 0 spiro atoms. The largest absolute Gasteiger partial charge is 0.353 e. The van der Waals surface area contributed by atoms with Crippen LogP contribution in [-0.2, 0) is 11.2 Å². The van der Waals surface area contributed by atoms with Crippen LogP contribution in [0.25, 0.3) is 0 Å². The summed E-state index contributed by atoms with van der Waals surface area (Å²) in [5.41, 5.74) is 2.28. The first-order valence-corrected chi connectivity index (χ1v) is 7.78. The summed E-state index contributed by atoms with van der Waals surface area (Å²) in [5.74, 6) is 0.770. The van der Waals surface area contributed by atoms with Crippen molar-refractivity contribution in [3.05, 3.63) is 42.0 Å². The van der Waals surface area contributed by atoms with Crippen LogP contribution in [0.3, 0.4) is 0 Å². The average Bonchev–Trinajstić information content (AvgIpc) is 3.20. The number of guanidine groups is 1. The monoisotopic (exact) mass is 426 g/mol. The van der Waals surface area contributed by atoms with Crippen molar-refractivity contribution in [2.24, 2.45) is 4.99 Å². The molecule has 0 aromatic heterocycles. The first-order chi connectivity index (χ1) is 10.8. The minimum atomic E-state index is 0. The molecule has 1 aliphatic carbocycles. The number of carbonyl (C=O) groups excluding carboxylic acids is 1. The van der Waals surface area contributed by atoms with Crippen molar-refractivity contribution in [3.8, 4) is 0 Å². The number of amides is 1. The number of nitrogens with one attached hydrogen (secondary N) is 2. The second kappa shape index (κ2) is 8.33. The first kappa shape index (κ1) is 17.8. The minimum absolute atomic E-state index is 0. The van der Waals surface area contributed by atoms with E-state index < -0.39 is 0 Å². The van der Waals surface area contributed by atoms with Crippen LogP contribution in [0.4, 0.5) is 5.69 Å². The van der Waals surface area contributed by atoms with Crippen LogP contribution in [0.1, 0.15) is 18.4 Å². The van der Waals surface area contributed by atoms with E-state index in [-0.39, 0.29) is 36.4 Å². The third-order valence-electron chi connectivity index (χ3n) is 4.17. The first-order valence-electron chi connectivity index (χ1n) is 7.78. The predicted octanol–water partition coefficient (Wildman–Crippen LogP) is 2.08. The number of hydrogen-bond acceptors (Lipinski definition) is 2. The highest BCUT2D eigenvalue weighted by molar-refractivity contribution is 14.0. The predicted molar refractivity (Wildman–Crippen MR) is 105 cm³/mol. The maximum Gasteiger partial charge on any atom is 0.246 e. The Labute approximate surface area is 154 Å². The molecule has 1 aliphatic heterocycles. The molecule has 1 amide bonds. The minimum Gasteiger partial charge on any atom is -0.353 e. The number of rotatable bonds is 3. The van der Waals surface area contributed by atoms with Crippen LogP contribution in [-0.4, -0.2) is 38.0 Å². The van der Waals surface area contributed by atoms with Crippen molar-refractivity contribution < 1.29 is 4.79 Å². The van der Waals surface area contributed by atoms with Gasteiger partial charge in [-0.3, -0.25) is 9.79 Å². The summed E-state index contributed by atoms with van der Waals surface area (Å²) in [5, 5.41) is 6.46. The van der Waals surface area contributed by atoms with E-state index in [1.54, 1.807) is 7.05 Å². The molecule has 0 atom stereocenters. The molecular weight excluding hydrogens is 403 g/mol. The smallest absolute Gasteiger partial charge is 0.246 e. The fourth-order valence-electron chi connectivity index (χ4n) is 2.98. The SMILES string of the molecule is CN=C(NCC(=O)N1CCc2ccccc21)NC1CC=CC1.I. The average molecular weight is 426 g/mol. The Morgan fingerprint density at radius 3 is 2.78 bits per heavy atom. The Kier molecular flexibility index (Phi) is 6.44. The van der Waals surface area contributed by atoms with Gasteiger partial charge in [0.05, 0.1) is 6.54 Å². The molecule has 0 unspecified atom stereocenters. The van der Waals surface area contributed by atoms with Gasteiger partial charge in [0.2, 0.25) is 5.91 Å². The molecule has 0 bridgehead atoms. The Bertz CT molecular complexity index is 606. The number of fused-ring (bicyclic) bond motifs is 1. The summed E-state index contributed by atoms with van der Waals surface area (Å²) in [4.78, 5) is 18.5. The van der Waals surface area contributed by atoms with Crippen molar-refractivity contribution in [2.45, 2.75) is 25.3 Å². The van der Waals surface area contributed by atoms with Crippen molar-refractivity contribution in [1.29, 1.82) is 0 Å². The van der Waals surface area contributed by atoms with Gasteiger partial charge in [0.25, 0.3) is 0 Å². The maximum absolute atomic E-state index is 12.4. The summed E-state index contributed by atoms with van der Waals surface area (Å²) < 4.78 is 0. The third kappa shape index (κ3) is 4.25. The van der Waals surface area contributed by atoms with Crippen LogP contribution < -0.4 is 15.5 Å². The second-order valence-corrected chi connectivity index (χ2v) is 5.63. The number of aliphatic imine (C=N–C) groups is 1. The van der Waals surface area contributed by atoms with E-state index >= 15 is 0 Å². The Balaban J connectivity index is 0.00000192. The van der Waals surface area contributed by atoms with Gasteiger partial charge in [-0.05, 0) is 30.9 Å². The van der Waals surface area contributed by atoms with E-state index in [0.717, 1.165) is 31.5 Å². The lowest BCUT2D eigenvalue weighted by Crippen LogP contribution is -2.47. The zero-order valence-corrected chi connectivity index (χ0v) is 15.6. The topological polar surface area (TPSA) is 56.7 Å². The van der Waals surface area contributed by atoms with E-state index in [1.807, 2.05) is 23.1 Å². The van der Waals surface area contributed by atoms with Crippen molar-refractivity contribution in [3.63, 3.8) is 0 Å². The van der Waals surface area contributed by atoms with E-state index in [1.165, 1.54) is 5.56 Å². The van der Waals surface area contributed by atoms with Gasteiger partial charge in [-0.25, -0.2) is 0 Å². The number of benzene rings is 1. The lowest BCUT2D eigenvalue weighted by Gasteiger charge is -2.20. The van der Waals surface area contributed by atoms with Crippen molar-refractivity contribution >= 4 is 41.5 Å². The summed E-state index contributed by atoms with van der Waals surface area (Å²) >= 11 is 0. The number of nitrogens with zero attached hydrogens (tertiary/aromatic N) is 2. The van der Waals surface area contributed by atoms with Crippen LogP contribution in [0.2, 0.25) is 0 Å². The standard InChI is InChI=1S/C17H22N4O.HI/c1-18-17(20-14-7-3-4-8-14)19-12-16(22)21-11-10-13-6-2-5-9-15(13)21;/h2-6,9,14H,7-8,10-12H2,1H3,(H2,18,19,20);1H. The Hall–Kier alpha value is -1.57. The van der Waals surface area contributed by atoms with Gasteiger partial charge in [-0.2, -0.15) is 0 Å². The lowest BCUT2D eigenvalue weighted by molar-refractivity contribution is -0.117. The highest BCUT2D eigenvalue weighted by Crippen LogP contribution is 2.27. The maximum atomic E-state index is 12.4. The van der Waals surface area contributed by atoms with Gasteiger partial charge < -0.3 is 15.5 Å². The van der Waals surface area contributed by atoms with Crippen LogP contribution >= 0.6 is 24.0 Å². The van der Waals surface area contributed by atoms with E-state index in [2.05, 4.69) is 33.8 Å². The van der Waals surface area contributed by atoms with Gasteiger partial charge in [0.15, 0.2) is 5.96 Å². The van der Waals surface area contributed by atoms with Crippen LogP contribution in [0.5, 0.6) is 0 Å². The van der Waals surface area contributed by atoms with Gasteiger partial charge >= 0.3 is 0 Å². The molecule has 5 nitrogen and oxygen atoms in total. The van der Waals surface area contributed by atoms with E-state index in [4.69, 9.17) is 0 Å². The molecule has 2 aliphatic rings. The molecule has 3 rings (SSSR count). The van der Waals surface area contributed by atoms with Gasteiger partial charge in [-0.15, -0.1) is 24.0 Å². The molecule has 0 radical (unpaired) electrons. The number of halogens is 1. The van der Waals surface area contributed by atoms with Crippen LogP contribution in [0.15, 0.2) is 41.4 Å². The van der Waals surface area contributed by atoms with Gasteiger partial charge in [-0.1, -0.05) is 30.4 Å². The van der Waals surface area contributed by atoms with E-state index in [0.29, 0.717) is 12.0 Å². The van der Waals surface area contributed by atoms with Crippen molar-refractivity contribution in [2.75, 3.05) is 25.0 Å². The quantitative estimate of drug-likeness (QED) is 0.337. The summed E-state index contributed by atoms with van der Waals surface area (Å²) in [6.45, 7) is 1.02. The van der Waals surface area contributed by atoms with Crippen LogP contribution in [0, 0.1) is 0 Å². The molecule has 124 valence electrons. The van der Waals surface area contributed by atoms with Crippen molar-refractivity contribution in [1.82, 2.24) is 10.6 Å². The fraction of sp³-hybridized carbons (Fsp3) is 0.412. The molecule has 23 heavy (non-hydrogen) atoms. The number of para-hydroxylation sites is 1. The molecule has 0 fully saturated rings. The second-order valence-electron chi connectivity index (χ2n) is 5.63. The zero-order valence-electron chi connectivity index (χ0n) is 13.3. The van der Waals surface area contributed by atoms with E-state index in [9.17, 15) is 4.79 Å². The molecular formula is C17H23IN4O. The molecule has 1 aromatic rings. The fourth-order valence-corrected chi connectivity index (χ4v) is 2.98. The number of hydrogen-bond donors (Lipinski definition) is 2. The highest BCUT2D eigenvalue weighted by atomic mass is 127.